The Bertz CT molecular complexity index is 355. The summed E-state index contributed by atoms with van der Waals surface area (Å²) in [5, 5.41) is 0.432. The quantitative estimate of drug-likeness (QED) is 0.620. The van der Waals surface area contributed by atoms with E-state index in [2.05, 4.69) is 20.9 Å². The van der Waals surface area contributed by atoms with Gasteiger partial charge in [-0.05, 0) is 24.1 Å². The number of hydrogen-bond acceptors (Lipinski definition) is 2. The van der Waals surface area contributed by atoms with Crippen molar-refractivity contribution in [3.05, 3.63) is 28.6 Å². The molecule has 0 spiro atoms. The minimum Gasteiger partial charge on any atom is -0.296 e. The number of rotatable bonds is 3. The van der Waals surface area contributed by atoms with Crippen molar-refractivity contribution in [2.24, 2.45) is 0 Å². The van der Waals surface area contributed by atoms with Gasteiger partial charge in [-0.25, -0.2) is 13.8 Å². The molecule has 1 aromatic rings. The molecule has 0 aliphatic rings. The summed E-state index contributed by atoms with van der Waals surface area (Å²) in [6.45, 7) is 1.57. The number of hydrogen-bond donors (Lipinski definition) is 0. The van der Waals surface area contributed by atoms with Crippen molar-refractivity contribution < 1.29 is 13.6 Å². The van der Waals surface area contributed by atoms with E-state index in [4.69, 9.17) is 0 Å². The molecule has 0 aliphatic heterocycles. The fourth-order valence-electron chi connectivity index (χ4n) is 1.12. The van der Waals surface area contributed by atoms with Crippen LogP contribution in [0.1, 0.15) is 33.7 Å². The fourth-order valence-corrected chi connectivity index (χ4v) is 1.70. The molecule has 1 rings (SSSR count). The van der Waals surface area contributed by atoms with Crippen LogP contribution in [0.5, 0.6) is 0 Å². The number of aromatic nitrogens is 1. The van der Waals surface area contributed by atoms with Crippen LogP contribution in [-0.4, -0.2) is 11.3 Å². The Kier molecular flexibility index (Phi) is 3.69. The average Bonchev–Trinajstić information content (AvgIpc) is 2.17. The summed E-state index contributed by atoms with van der Waals surface area (Å²) in [7, 11) is 0. The van der Waals surface area contributed by atoms with Crippen LogP contribution < -0.4 is 0 Å². The highest BCUT2D eigenvalue weighted by atomic mass is 79.9. The van der Waals surface area contributed by atoms with Crippen molar-refractivity contribution >= 4 is 22.2 Å². The first-order valence-electron chi connectivity index (χ1n) is 3.89. The van der Waals surface area contributed by atoms with Crippen LogP contribution in [0.2, 0.25) is 0 Å². The van der Waals surface area contributed by atoms with Gasteiger partial charge in [-0.2, -0.15) is 0 Å². The van der Waals surface area contributed by atoms with Crippen molar-refractivity contribution in [3.63, 3.8) is 0 Å². The number of carbonyl (C=O) groups is 1. The van der Waals surface area contributed by atoms with E-state index in [0.717, 1.165) is 0 Å². The summed E-state index contributed by atoms with van der Waals surface area (Å²) >= 11 is 3.17. The smallest absolute Gasteiger partial charge is 0.280 e. The van der Waals surface area contributed by atoms with Crippen molar-refractivity contribution in [3.8, 4) is 0 Å². The van der Waals surface area contributed by atoms with E-state index in [9.17, 15) is 13.6 Å². The van der Waals surface area contributed by atoms with Gasteiger partial charge in [-0.1, -0.05) is 15.9 Å². The van der Waals surface area contributed by atoms with E-state index >= 15 is 0 Å². The van der Waals surface area contributed by atoms with E-state index in [0.29, 0.717) is 22.7 Å². The Balaban J connectivity index is 3.34. The third-order valence-electron chi connectivity index (χ3n) is 1.91. The minimum atomic E-state index is -2.65. The third-order valence-corrected chi connectivity index (χ3v) is 2.51. The number of alkyl halides is 3. The molecule has 76 valence electrons. The molecule has 0 radical (unpaired) electrons. The van der Waals surface area contributed by atoms with Crippen molar-refractivity contribution in [1.82, 2.24) is 4.98 Å². The largest absolute Gasteiger partial charge is 0.296 e. The second kappa shape index (κ2) is 4.59. The molecule has 0 saturated heterocycles. The van der Waals surface area contributed by atoms with Gasteiger partial charge in [0.05, 0.1) is 0 Å². The first kappa shape index (κ1) is 11.2. The van der Waals surface area contributed by atoms with Gasteiger partial charge in [0.1, 0.15) is 11.4 Å². The third kappa shape index (κ3) is 2.15. The van der Waals surface area contributed by atoms with Gasteiger partial charge in [-0.15, -0.1) is 0 Å². The molecule has 0 saturated carbocycles. The highest BCUT2D eigenvalue weighted by Gasteiger charge is 2.16. The molecule has 1 heterocycles. The van der Waals surface area contributed by atoms with Gasteiger partial charge in [0, 0.05) is 5.33 Å². The molecule has 2 nitrogen and oxygen atoms in total. The van der Waals surface area contributed by atoms with Crippen molar-refractivity contribution in [1.29, 1.82) is 0 Å². The molecule has 14 heavy (non-hydrogen) atoms. The maximum atomic E-state index is 12.5. The lowest BCUT2D eigenvalue weighted by Gasteiger charge is -2.08. The number of halogens is 3. The molecule has 0 N–H and O–H groups in total. The SMILES string of the molecule is Cc1c(CBr)cc(C=O)nc1C(F)F. The van der Waals surface area contributed by atoms with Gasteiger partial charge in [-0.3, -0.25) is 4.79 Å². The Hall–Kier alpha value is -0.840. The van der Waals surface area contributed by atoms with Gasteiger partial charge in [0.25, 0.3) is 6.43 Å². The Morgan fingerprint density at radius 1 is 1.64 bits per heavy atom. The fraction of sp³-hybridized carbons (Fsp3) is 0.333. The number of carbonyl (C=O) groups excluding carboxylic acids is 1. The summed E-state index contributed by atoms with van der Waals surface area (Å²) in [4.78, 5) is 14.0. The Morgan fingerprint density at radius 3 is 2.71 bits per heavy atom. The van der Waals surface area contributed by atoms with Crippen molar-refractivity contribution in [2.45, 2.75) is 18.7 Å². The summed E-state index contributed by atoms with van der Waals surface area (Å²) in [6.07, 6.45) is -2.18. The molecule has 0 bridgehead atoms. The van der Waals surface area contributed by atoms with Crippen LogP contribution in [0.3, 0.4) is 0 Å². The van der Waals surface area contributed by atoms with E-state index in [1.54, 1.807) is 6.92 Å². The zero-order chi connectivity index (χ0) is 10.7. The van der Waals surface area contributed by atoms with Crippen LogP contribution in [-0.2, 0) is 5.33 Å². The monoisotopic (exact) mass is 263 g/mol. The molecule has 0 aliphatic carbocycles. The van der Waals surface area contributed by atoms with Crippen molar-refractivity contribution in [2.75, 3.05) is 0 Å². The lowest BCUT2D eigenvalue weighted by atomic mass is 10.1. The Labute approximate surface area is 88.5 Å². The van der Waals surface area contributed by atoms with Crippen LogP contribution in [0.15, 0.2) is 6.07 Å². The van der Waals surface area contributed by atoms with E-state index in [-0.39, 0.29) is 11.4 Å². The maximum absolute atomic E-state index is 12.5. The predicted octanol–water partition coefficient (Wildman–Crippen LogP) is 3.04. The van der Waals surface area contributed by atoms with E-state index < -0.39 is 6.43 Å². The Morgan fingerprint density at radius 2 is 2.29 bits per heavy atom. The van der Waals surface area contributed by atoms with E-state index in [1.807, 2.05) is 0 Å². The lowest BCUT2D eigenvalue weighted by Crippen LogP contribution is -2.02. The van der Waals surface area contributed by atoms with Crippen LogP contribution in [0.4, 0.5) is 8.78 Å². The molecule has 0 aromatic carbocycles. The van der Waals surface area contributed by atoms with Gasteiger partial charge >= 0.3 is 0 Å². The molecule has 5 heteroatoms. The average molecular weight is 264 g/mol. The first-order chi connectivity index (χ1) is 6.60. The molecule has 0 unspecified atom stereocenters. The second-order valence-electron chi connectivity index (χ2n) is 2.77. The number of nitrogens with zero attached hydrogens (tertiary/aromatic N) is 1. The van der Waals surface area contributed by atoms with Gasteiger partial charge in [0.2, 0.25) is 0 Å². The number of aldehydes is 1. The summed E-state index contributed by atoms with van der Waals surface area (Å²) in [6, 6.07) is 1.50. The summed E-state index contributed by atoms with van der Waals surface area (Å²) < 4.78 is 24.9. The molecular formula is C9H8BrF2NO. The molecule has 1 aromatic heterocycles. The predicted molar refractivity (Wildman–Crippen MR) is 51.9 cm³/mol. The zero-order valence-corrected chi connectivity index (χ0v) is 9.01. The van der Waals surface area contributed by atoms with Gasteiger partial charge in [0.15, 0.2) is 6.29 Å². The van der Waals surface area contributed by atoms with Gasteiger partial charge < -0.3 is 0 Å². The normalized spacial score (nSPS) is 10.6. The zero-order valence-electron chi connectivity index (χ0n) is 7.43. The standard InChI is InChI=1S/C9H8BrF2NO/c1-5-6(3-10)2-7(4-14)13-8(5)9(11)12/h2,4,9H,3H2,1H3. The summed E-state index contributed by atoms with van der Waals surface area (Å²) in [5.74, 6) is 0. The molecular weight excluding hydrogens is 256 g/mol. The highest BCUT2D eigenvalue weighted by Crippen LogP contribution is 2.24. The topological polar surface area (TPSA) is 30.0 Å². The van der Waals surface area contributed by atoms with E-state index in [1.165, 1.54) is 6.07 Å². The van der Waals surface area contributed by atoms with Crippen LogP contribution in [0, 0.1) is 6.92 Å². The molecule has 0 atom stereocenters. The lowest BCUT2D eigenvalue weighted by molar-refractivity contribution is 0.111. The van der Waals surface area contributed by atoms with Crippen LogP contribution >= 0.6 is 15.9 Å². The maximum Gasteiger partial charge on any atom is 0.280 e. The summed E-state index contributed by atoms with van der Waals surface area (Å²) in [5.41, 5.74) is 0.823. The number of pyridine rings is 1. The highest BCUT2D eigenvalue weighted by molar-refractivity contribution is 9.08. The molecule has 0 fully saturated rings. The van der Waals surface area contributed by atoms with Crippen LogP contribution in [0.25, 0.3) is 0 Å². The molecule has 0 amide bonds. The second-order valence-corrected chi connectivity index (χ2v) is 3.33. The first-order valence-corrected chi connectivity index (χ1v) is 5.02. The minimum absolute atomic E-state index is 0.0420.